The average molecular weight is 245 g/mol. The van der Waals surface area contributed by atoms with Gasteiger partial charge in [-0.05, 0) is 25.0 Å². The first-order valence-corrected chi connectivity index (χ1v) is 5.52. The van der Waals surface area contributed by atoms with Crippen molar-refractivity contribution < 1.29 is 13.2 Å². The number of pyridine rings is 1. The van der Waals surface area contributed by atoms with Crippen LogP contribution in [0.4, 0.5) is 19.0 Å². The molecule has 17 heavy (non-hydrogen) atoms. The maximum absolute atomic E-state index is 12.4. The van der Waals surface area contributed by atoms with Crippen molar-refractivity contribution in [2.75, 3.05) is 18.0 Å². The molecule has 0 radical (unpaired) electrons. The standard InChI is InChI=1S/C11H14F3N3/c12-11(13,14)8-1-4-10(16-7-8)17(6-5-15)9-2-3-9/h1,4,7,9H,2-3,5-6,15H2. The van der Waals surface area contributed by atoms with Crippen molar-refractivity contribution in [1.29, 1.82) is 0 Å². The van der Waals surface area contributed by atoms with E-state index in [-0.39, 0.29) is 0 Å². The summed E-state index contributed by atoms with van der Waals surface area (Å²) in [5, 5.41) is 0. The lowest BCUT2D eigenvalue weighted by atomic mass is 10.2. The Balaban J connectivity index is 2.15. The molecular weight excluding hydrogens is 231 g/mol. The number of nitrogens with two attached hydrogens (primary N) is 1. The van der Waals surface area contributed by atoms with E-state index >= 15 is 0 Å². The van der Waals surface area contributed by atoms with Gasteiger partial charge in [0.2, 0.25) is 0 Å². The van der Waals surface area contributed by atoms with E-state index in [0.29, 0.717) is 24.9 Å². The molecule has 2 N–H and O–H groups in total. The second kappa shape index (κ2) is 4.52. The fourth-order valence-electron chi connectivity index (χ4n) is 1.73. The zero-order chi connectivity index (χ0) is 12.5. The molecule has 6 heteroatoms. The van der Waals surface area contributed by atoms with Crippen LogP contribution < -0.4 is 10.6 Å². The average Bonchev–Trinajstić information content (AvgIpc) is 3.09. The maximum atomic E-state index is 12.4. The molecule has 1 heterocycles. The van der Waals surface area contributed by atoms with E-state index in [1.807, 2.05) is 4.90 Å². The molecule has 1 aromatic rings. The van der Waals surface area contributed by atoms with Gasteiger partial charge in [-0.25, -0.2) is 4.98 Å². The summed E-state index contributed by atoms with van der Waals surface area (Å²) in [6.07, 6.45) is -1.34. The summed E-state index contributed by atoms with van der Waals surface area (Å²) in [6.45, 7) is 1.10. The number of aromatic nitrogens is 1. The highest BCUT2D eigenvalue weighted by atomic mass is 19.4. The molecule has 1 fully saturated rings. The minimum atomic E-state index is -4.33. The minimum Gasteiger partial charge on any atom is -0.352 e. The molecule has 3 nitrogen and oxygen atoms in total. The van der Waals surface area contributed by atoms with E-state index in [1.54, 1.807) is 0 Å². The van der Waals surface area contributed by atoms with E-state index in [9.17, 15) is 13.2 Å². The summed E-state index contributed by atoms with van der Waals surface area (Å²) in [5.74, 6) is 0.575. The Morgan fingerprint density at radius 3 is 2.47 bits per heavy atom. The molecule has 0 bridgehead atoms. The van der Waals surface area contributed by atoms with Gasteiger partial charge in [-0.3, -0.25) is 0 Å². The van der Waals surface area contributed by atoms with Gasteiger partial charge in [0, 0.05) is 25.3 Å². The van der Waals surface area contributed by atoms with Gasteiger partial charge in [0.05, 0.1) is 5.56 Å². The highest BCUT2D eigenvalue weighted by Gasteiger charge is 2.32. The topological polar surface area (TPSA) is 42.1 Å². The first-order valence-electron chi connectivity index (χ1n) is 5.52. The van der Waals surface area contributed by atoms with Gasteiger partial charge in [-0.2, -0.15) is 13.2 Å². The second-order valence-electron chi connectivity index (χ2n) is 4.12. The Labute approximate surface area is 97.4 Å². The van der Waals surface area contributed by atoms with Gasteiger partial charge in [-0.1, -0.05) is 0 Å². The summed E-state index contributed by atoms with van der Waals surface area (Å²) >= 11 is 0. The molecule has 2 rings (SSSR count). The minimum absolute atomic E-state index is 0.391. The molecule has 0 atom stereocenters. The number of rotatable bonds is 4. The van der Waals surface area contributed by atoms with Crippen LogP contribution in [0.15, 0.2) is 18.3 Å². The molecule has 0 aromatic carbocycles. The molecule has 0 amide bonds. The highest BCUT2D eigenvalue weighted by molar-refractivity contribution is 5.42. The first kappa shape index (κ1) is 12.2. The summed E-state index contributed by atoms with van der Waals surface area (Å²) in [5.41, 5.74) is 4.76. The van der Waals surface area contributed by atoms with Crippen LogP contribution in [0.25, 0.3) is 0 Å². The smallest absolute Gasteiger partial charge is 0.352 e. The molecular formula is C11H14F3N3. The van der Waals surface area contributed by atoms with Gasteiger partial charge in [0.15, 0.2) is 0 Å². The fourth-order valence-corrected chi connectivity index (χ4v) is 1.73. The van der Waals surface area contributed by atoms with Crippen molar-refractivity contribution in [3.05, 3.63) is 23.9 Å². The summed E-state index contributed by atoms with van der Waals surface area (Å²) in [7, 11) is 0. The van der Waals surface area contributed by atoms with Crippen molar-refractivity contribution in [2.45, 2.75) is 25.1 Å². The molecule has 1 aliphatic rings. The van der Waals surface area contributed by atoms with Gasteiger partial charge in [-0.15, -0.1) is 0 Å². The third kappa shape index (κ3) is 2.88. The van der Waals surface area contributed by atoms with E-state index < -0.39 is 11.7 Å². The van der Waals surface area contributed by atoms with Crippen molar-refractivity contribution in [3.63, 3.8) is 0 Å². The molecule has 0 saturated heterocycles. The maximum Gasteiger partial charge on any atom is 0.417 e. The second-order valence-corrected chi connectivity index (χ2v) is 4.12. The Bertz CT molecular complexity index is 371. The zero-order valence-corrected chi connectivity index (χ0v) is 9.24. The lowest BCUT2D eigenvalue weighted by Gasteiger charge is -2.22. The van der Waals surface area contributed by atoms with Crippen molar-refractivity contribution in [3.8, 4) is 0 Å². The number of hydrogen-bond donors (Lipinski definition) is 1. The van der Waals surface area contributed by atoms with Gasteiger partial charge >= 0.3 is 6.18 Å². The molecule has 94 valence electrons. The highest BCUT2D eigenvalue weighted by Crippen LogP contribution is 2.32. The van der Waals surface area contributed by atoms with Crippen LogP contribution in [0.1, 0.15) is 18.4 Å². The quantitative estimate of drug-likeness (QED) is 0.882. The molecule has 0 unspecified atom stereocenters. The third-order valence-electron chi connectivity index (χ3n) is 2.73. The molecule has 0 aliphatic heterocycles. The predicted octanol–water partition coefficient (Wildman–Crippen LogP) is 2.03. The van der Waals surface area contributed by atoms with Crippen LogP contribution >= 0.6 is 0 Å². The first-order chi connectivity index (χ1) is 8.02. The van der Waals surface area contributed by atoms with Gasteiger partial charge in [0.1, 0.15) is 5.82 Å². The Hall–Kier alpha value is -1.30. The fraction of sp³-hybridized carbons (Fsp3) is 0.545. The van der Waals surface area contributed by atoms with Crippen LogP contribution in [-0.2, 0) is 6.18 Å². The van der Waals surface area contributed by atoms with E-state index in [2.05, 4.69) is 4.98 Å². The summed E-state index contributed by atoms with van der Waals surface area (Å²) < 4.78 is 37.1. The van der Waals surface area contributed by atoms with Crippen molar-refractivity contribution in [2.24, 2.45) is 5.73 Å². The Morgan fingerprint density at radius 2 is 2.06 bits per heavy atom. The zero-order valence-electron chi connectivity index (χ0n) is 9.24. The Kier molecular flexibility index (Phi) is 3.24. The molecule has 1 aromatic heterocycles. The van der Waals surface area contributed by atoms with Gasteiger partial charge < -0.3 is 10.6 Å². The number of halogens is 3. The summed E-state index contributed by atoms with van der Waals surface area (Å²) in [6, 6.07) is 2.87. The van der Waals surface area contributed by atoms with Crippen molar-refractivity contribution in [1.82, 2.24) is 4.98 Å². The predicted molar refractivity (Wildman–Crippen MR) is 58.7 cm³/mol. The largest absolute Gasteiger partial charge is 0.417 e. The van der Waals surface area contributed by atoms with Crippen LogP contribution in [0, 0.1) is 0 Å². The Morgan fingerprint density at radius 1 is 1.35 bits per heavy atom. The van der Waals surface area contributed by atoms with Crippen molar-refractivity contribution >= 4 is 5.82 Å². The van der Waals surface area contributed by atoms with Crippen LogP contribution in [0.3, 0.4) is 0 Å². The SMILES string of the molecule is NCCN(c1ccc(C(F)(F)F)cn1)C1CC1. The lowest BCUT2D eigenvalue weighted by molar-refractivity contribution is -0.137. The molecule has 1 aliphatic carbocycles. The van der Waals surface area contributed by atoms with Crippen LogP contribution in [0.5, 0.6) is 0 Å². The number of nitrogens with zero attached hydrogens (tertiary/aromatic N) is 2. The third-order valence-corrected chi connectivity index (χ3v) is 2.73. The normalized spacial score (nSPS) is 16.0. The van der Waals surface area contributed by atoms with E-state index in [0.717, 1.165) is 25.1 Å². The lowest BCUT2D eigenvalue weighted by Crippen LogP contribution is -2.32. The van der Waals surface area contributed by atoms with Crippen LogP contribution in [0.2, 0.25) is 0 Å². The number of hydrogen-bond acceptors (Lipinski definition) is 3. The summed E-state index contributed by atoms with van der Waals surface area (Å²) in [4.78, 5) is 5.85. The van der Waals surface area contributed by atoms with Gasteiger partial charge in [0.25, 0.3) is 0 Å². The van der Waals surface area contributed by atoms with E-state index in [1.165, 1.54) is 6.07 Å². The number of anilines is 1. The number of alkyl halides is 3. The van der Waals surface area contributed by atoms with E-state index in [4.69, 9.17) is 5.73 Å². The molecule has 0 spiro atoms. The monoisotopic (exact) mass is 245 g/mol. The molecule has 1 saturated carbocycles. The van der Waals surface area contributed by atoms with Crippen LogP contribution in [-0.4, -0.2) is 24.1 Å².